The van der Waals surface area contributed by atoms with Gasteiger partial charge in [-0.2, -0.15) is 13.2 Å². The summed E-state index contributed by atoms with van der Waals surface area (Å²) < 4.78 is 49.0. The van der Waals surface area contributed by atoms with Gasteiger partial charge in [0, 0.05) is 28.1 Å². The molecule has 1 aromatic rings. The van der Waals surface area contributed by atoms with Crippen LogP contribution in [0.1, 0.15) is 11.1 Å². The van der Waals surface area contributed by atoms with E-state index in [1.807, 2.05) is 5.41 Å². The molecule has 0 N–H and O–H groups in total. The molecular formula is C14H15F3OS3. The molecule has 0 bridgehead atoms. The van der Waals surface area contributed by atoms with Crippen LogP contribution in [-0.2, 0) is 22.7 Å². The van der Waals surface area contributed by atoms with E-state index in [0.717, 1.165) is 17.9 Å². The van der Waals surface area contributed by atoms with E-state index in [9.17, 15) is 17.4 Å². The molecule has 7 heteroatoms. The smallest absolute Gasteiger partial charge is 0.259 e. The number of hydrogen-bond donors (Lipinski definition) is 0. The standard InChI is InChI=1S/C14H15F3OS3/c1-2-8-19-20-9-3-10-21(18)11-12-4-6-13(7-5-12)14(15,16)17/h2-7,9H,1,8,10-11H2. The van der Waals surface area contributed by atoms with Gasteiger partial charge in [0.1, 0.15) is 0 Å². The summed E-state index contributed by atoms with van der Waals surface area (Å²) in [5.74, 6) is 1.49. The van der Waals surface area contributed by atoms with Crippen LogP contribution in [0, 0.1) is 0 Å². The third-order valence-electron chi connectivity index (χ3n) is 2.30. The van der Waals surface area contributed by atoms with Crippen LogP contribution in [0.15, 0.2) is 48.4 Å². The Morgan fingerprint density at radius 2 is 1.90 bits per heavy atom. The Hall–Kier alpha value is -0.660. The number of benzene rings is 1. The van der Waals surface area contributed by atoms with Gasteiger partial charge >= 0.3 is 6.18 Å². The minimum Gasteiger partial charge on any atom is -0.259 e. The van der Waals surface area contributed by atoms with E-state index < -0.39 is 22.5 Å². The van der Waals surface area contributed by atoms with Crippen molar-refractivity contribution in [3.8, 4) is 0 Å². The van der Waals surface area contributed by atoms with Crippen molar-refractivity contribution >= 4 is 32.4 Å². The highest BCUT2D eigenvalue weighted by Crippen LogP contribution is 2.29. The molecule has 1 nitrogen and oxygen atoms in total. The van der Waals surface area contributed by atoms with E-state index >= 15 is 0 Å². The lowest BCUT2D eigenvalue weighted by atomic mass is 10.1. The normalized spacial score (nSPS) is 13.5. The van der Waals surface area contributed by atoms with Gasteiger partial charge in [-0.1, -0.05) is 45.9 Å². The molecule has 1 rings (SSSR count). The van der Waals surface area contributed by atoms with Crippen molar-refractivity contribution < 1.29 is 17.4 Å². The molecule has 0 aliphatic heterocycles. The number of hydrogen-bond acceptors (Lipinski definition) is 3. The van der Waals surface area contributed by atoms with Gasteiger partial charge in [0.05, 0.1) is 5.56 Å². The van der Waals surface area contributed by atoms with Gasteiger partial charge in [-0.05, 0) is 23.1 Å². The highest BCUT2D eigenvalue weighted by molar-refractivity contribution is 8.77. The average Bonchev–Trinajstić information content (AvgIpc) is 2.42. The van der Waals surface area contributed by atoms with Crippen LogP contribution < -0.4 is 0 Å². The van der Waals surface area contributed by atoms with Gasteiger partial charge in [0.15, 0.2) is 0 Å². The van der Waals surface area contributed by atoms with Gasteiger partial charge in [-0.3, -0.25) is 4.21 Å². The molecule has 0 saturated carbocycles. The summed E-state index contributed by atoms with van der Waals surface area (Å²) in [6.07, 6.45) is -0.726. The first-order valence-corrected chi connectivity index (χ1v) is 9.86. The molecule has 21 heavy (non-hydrogen) atoms. The maximum atomic E-state index is 12.4. The van der Waals surface area contributed by atoms with Crippen molar-refractivity contribution in [3.05, 3.63) is 59.5 Å². The quantitative estimate of drug-likeness (QED) is 0.371. The molecule has 0 aliphatic carbocycles. The molecule has 1 unspecified atom stereocenters. The van der Waals surface area contributed by atoms with Gasteiger partial charge in [-0.25, -0.2) is 0 Å². The van der Waals surface area contributed by atoms with Crippen molar-refractivity contribution in [1.82, 2.24) is 0 Å². The molecule has 0 heterocycles. The van der Waals surface area contributed by atoms with Gasteiger partial charge < -0.3 is 0 Å². The summed E-state index contributed by atoms with van der Waals surface area (Å²) >= 11 is 0. The second-order valence-electron chi connectivity index (χ2n) is 3.99. The van der Waals surface area contributed by atoms with Crippen LogP contribution in [-0.4, -0.2) is 15.7 Å². The molecule has 1 aromatic carbocycles. The SMILES string of the molecule is C=CCSSC=CCS(=O)Cc1ccc(C(F)(F)F)cc1. The molecule has 0 fully saturated rings. The molecule has 0 aliphatic rings. The van der Waals surface area contributed by atoms with E-state index in [0.29, 0.717) is 11.3 Å². The molecule has 0 aromatic heterocycles. The van der Waals surface area contributed by atoms with Gasteiger partial charge in [0.25, 0.3) is 0 Å². The third kappa shape index (κ3) is 7.78. The van der Waals surface area contributed by atoms with Crippen LogP contribution in [0.3, 0.4) is 0 Å². The molecule has 0 radical (unpaired) electrons. The lowest BCUT2D eigenvalue weighted by Crippen LogP contribution is -2.05. The van der Waals surface area contributed by atoms with E-state index in [4.69, 9.17) is 0 Å². The Morgan fingerprint density at radius 1 is 1.24 bits per heavy atom. The molecular weight excluding hydrogens is 337 g/mol. The fourth-order valence-corrected chi connectivity index (χ4v) is 3.89. The molecule has 1 atom stereocenters. The third-order valence-corrected chi connectivity index (χ3v) is 5.48. The second-order valence-corrected chi connectivity index (χ2v) is 7.81. The highest BCUT2D eigenvalue weighted by Gasteiger charge is 2.29. The maximum Gasteiger partial charge on any atom is 0.416 e. The molecule has 0 saturated heterocycles. The number of halogens is 3. The Morgan fingerprint density at radius 3 is 2.48 bits per heavy atom. The van der Waals surface area contributed by atoms with E-state index in [1.54, 1.807) is 22.9 Å². The molecule has 0 amide bonds. The summed E-state index contributed by atoms with van der Waals surface area (Å²) in [5, 5.41) is 1.86. The Balaban J connectivity index is 2.39. The van der Waals surface area contributed by atoms with Gasteiger partial charge in [0.2, 0.25) is 0 Å². The monoisotopic (exact) mass is 352 g/mol. The zero-order chi connectivity index (χ0) is 15.7. The molecule has 0 spiro atoms. The number of rotatable bonds is 8. The minimum absolute atomic E-state index is 0.257. The lowest BCUT2D eigenvalue weighted by Gasteiger charge is -2.07. The van der Waals surface area contributed by atoms with Crippen molar-refractivity contribution in [2.75, 3.05) is 11.5 Å². The van der Waals surface area contributed by atoms with Gasteiger partial charge in [-0.15, -0.1) is 6.58 Å². The van der Waals surface area contributed by atoms with Crippen molar-refractivity contribution in [1.29, 1.82) is 0 Å². The summed E-state index contributed by atoms with van der Waals surface area (Å²) in [5.41, 5.74) is -0.0454. The second kappa shape index (κ2) is 9.38. The summed E-state index contributed by atoms with van der Waals surface area (Å²) in [4.78, 5) is 0. The predicted molar refractivity (Wildman–Crippen MR) is 87.5 cm³/mol. The van der Waals surface area contributed by atoms with E-state index in [1.165, 1.54) is 22.9 Å². The average molecular weight is 352 g/mol. The van der Waals surface area contributed by atoms with Crippen LogP contribution >= 0.6 is 21.6 Å². The lowest BCUT2D eigenvalue weighted by molar-refractivity contribution is -0.137. The first-order chi connectivity index (χ1) is 9.93. The largest absolute Gasteiger partial charge is 0.416 e. The minimum atomic E-state index is -4.33. The number of alkyl halides is 3. The maximum absolute atomic E-state index is 12.4. The highest BCUT2D eigenvalue weighted by atomic mass is 33.1. The van der Waals surface area contributed by atoms with Crippen molar-refractivity contribution in [2.45, 2.75) is 11.9 Å². The Bertz CT molecular complexity index is 495. The predicted octanol–water partition coefficient (Wildman–Crippen LogP) is 5.04. The zero-order valence-electron chi connectivity index (χ0n) is 11.1. The van der Waals surface area contributed by atoms with Crippen LogP contribution in [0.2, 0.25) is 0 Å². The van der Waals surface area contributed by atoms with Crippen molar-refractivity contribution in [2.24, 2.45) is 0 Å². The summed E-state index contributed by atoms with van der Waals surface area (Å²) in [6, 6.07) is 4.78. The Kier molecular flexibility index (Phi) is 8.21. The van der Waals surface area contributed by atoms with Crippen LogP contribution in [0.4, 0.5) is 13.2 Å². The van der Waals surface area contributed by atoms with E-state index in [2.05, 4.69) is 6.58 Å². The first kappa shape index (κ1) is 18.4. The summed E-state index contributed by atoms with van der Waals surface area (Å²) in [7, 11) is 2.04. The van der Waals surface area contributed by atoms with Crippen molar-refractivity contribution in [3.63, 3.8) is 0 Å². The zero-order valence-corrected chi connectivity index (χ0v) is 13.6. The van der Waals surface area contributed by atoms with E-state index in [-0.39, 0.29) is 5.75 Å². The topological polar surface area (TPSA) is 17.1 Å². The first-order valence-electron chi connectivity index (χ1n) is 5.99. The van der Waals surface area contributed by atoms with Crippen LogP contribution in [0.5, 0.6) is 0 Å². The fourth-order valence-electron chi connectivity index (χ4n) is 1.35. The van der Waals surface area contributed by atoms with Crippen LogP contribution in [0.25, 0.3) is 0 Å². The Labute approximate surface area is 132 Å². The summed E-state index contributed by atoms with van der Waals surface area (Å²) in [6.45, 7) is 3.60. The molecule has 116 valence electrons. The fraction of sp³-hybridized carbons (Fsp3) is 0.286.